The average Bonchev–Trinajstić information content (AvgIpc) is 2.73. The van der Waals surface area contributed by atoms with Gasteiger partial charge in [-0.1, -0.05) is 19.8 Å². The van der Waals surface area contributed by atoms with E-state index in [1.807, 2.05) is 7.05 Å². The normalized spacial score (nSPS) is 29.4. The van der Waals surface area contributed by atoms with Gasteiger partial charge in [-0.3, -0.25) is 0 Å². The van der Waals surface area contributed by atoms with Crippen LogP contribution in [-0.2, 0) is 7.05 Å². The lowest BCUT2D eigenvalue weighted by molar-refractivity contribution is 0.344. The summed E-state index contributed by atoms with van der Waals surface area (Å²) >= 11 is 0. The van der Waals surface area contributed by atoms with E-state index < -0.39 is 0 Å². The van der Waals surface area contributed by atoms with Crippen LogP contribution < -0.4 is 5.73 Å². The Morgan fingerprint density at radius 2 is 2.36 bits per heavy atom. The first-order valence-electron chi connectivity index (χ1n) is 5.30. The predicted octanol–water partition coefficient (Wildman–Crippen LogP) is 1.25. The van der Waals surface area contributed by atoms with Gasteiger partial charge >= 0.3 is 0 Å². The molecule has 2 N–H and O–H groups in total. The first-order valence-corrected chi connectivity index (χ1v) is 5.30. The lowest BCUT2D eigenvalue weighted by Gasteiger charge is -2.20. The Kier molecular flexibility index (Phi) is 2.54. The lowest BCUT2D eigenvalue weighted by Crippen LogP contribution is -2.23. The molecule has 0 aromatic carbocycles. The Morgan fingerprint density at radius 3 is 2.86 bits per heavy atom. The van der Waals surface area contributed by atoms with Gasteiger partial charge in [-0.2, -0.15) is 15.0 Å². The summed E-state index contributed by atoms with van der Waals surface area (Å²) in [5.41, 5.74) is 7.12. The zero-order valence-electron chi connectivity index (χ0n) is 8.85. The van der Waals surface area contributed by atoms with Gasteiger partial charge in [0.15, 0.2) is 0 Å². The number of rotatable bonds is 2. The molecule has 2 rings (SSSR count). The maximum Gasteiger partial charge on any atom is 0.0997 e. The zero-order valence-corrected chi connectivity index (χ0v) is 8.85. The first-order chi connectivity index (χ1) is 6.68. The number of hydrogen-bond acceptors (Lipinski definition) is 3. The molecule has 0 saturated heterocycles. The van der Waals surface area contributed by atoms with Crippen LogP contribution in [0, 0.1) is 11.8 Å². The van der Waals surface area contributed by atoms with Gasteiger partial charge in [0.25, 0.3) is 0 Å². The highest BCUT2D eigenvalue weighted by Gasteiger charge is 2.30. The summed E-state index contributed by atoms with van der Waals surface area (Å²) in [5.74, 6) is 1.32. The van der Waals surface area contributed by atoms with Gasteiger partial charge in [0, 0.05) is 7.05 Å². The summed E-state index contributed by atoms with van der Waals surface area (Å²) in [4.78, 5) is 1.58. The van der Waals surface area contributed by atoms with Crippen LogP contribution in [0.4, 0.5) is 0 Å². The van der Waals surface area contributed by atoms with E-state index in [0.717, 1.165) is 11.6 Å². The minimum absolute atomic E-state index is 0.0706. The molecule has 4 nitrogen and oxygen atoms in total. The van der Waals surface area contributed by atoms with E-state index >= 15 is 0 Å². The van der Waals surface area contributed by atoms with Crippen molar-refractivity contribution in [3.8, 4) is 0 Å². The van der Waals surface area contributed by atoms with Crippen molar-refractivity contribution in [2.24, 2.45) is 24.6 Å². The van der Waals surface area contributed by atoms with Crippen molar-refractivity contribution in [1.29, 1.82) is 0 Å². The third kappa shape index (κ3) is 1.66. The smallest absolute Gasteiger partial charge is 0.0997 e. The summed E-state index contributed by atoms with van der Waals surface area (Å²) < 4.78 is 0. The van der Waals surface area contributed by atoms with Crippen LogP contribution in [0.25, 0.3) is 0 Å². The summed E-state index contributed by atoms with van der Waals surface area (Å²) in [6, 6.07) is 0.0706. The van der Waals surface area contributed by atoms with Gasteiger partial charge in [0.1, 0.15) is 0 Å². The molecule has 78 valence electrons. The van der Waals surface area contributed by atoms with Crippen molar-refractivity contribution in [3.05, 3.63) is 11.9 Å². The van der Waals surface area contributed by atoms with Crippen LogP contribution in [0.5, 0.6) is 0 Å². The Labute approximate surface area is 84.5 Å². The highest BCUT2D eigenvalue weighted by atomic mass is 15.4. The molecule has 4 heteroatoms. The van der Waals surface area contributed by atoms with E-state index in [2.05, 4.69) is 17.1 Å². The second kappa shape index (κ2) is 3.69. The summed E-state index contributed by atoms with van der Waals surface area (Å²) in [5, 5.41) is 8.33. The van der Waals surface area contributed by atoms with Crippen molar-refractivity contribution in [1.82, 2.24) is 15.0 Å². The van der Waals surface area contributed by atoms with E-state index in [4.69, 9.17) is 5.73 Å². The lowest BCUT2D eigenvalue weighted by atomic mass is 9.89. The van der Waals surface area contributed by atoms with E-state index in [0.29, 0.717) is 5.92 Å². The van der Waals surface area contributed by atoms with E-state index in [1.165, 1.54) is 19.3 Å². The van der Waals surface area contributed by atoms with Gasteiger partial charge in [-0.05, 0) is 18.3 Å². The molecule has 1 heterocycles. The predicted molar refractivity (Wildman–Crippen MR) is 54.4 cm³/mol. The number of nitrogens with two attached hydrogens (primary N) is 1. The van der Waals surface area contributed by atoms with Crippen molar-refractivity contribution in [2.45, 2.75) is 32.2 Å². The topological polar surface area (TPSA) is 56.7 Å². The molecule has 14 heavy (non-hydrogen) atoms. The van der Waals surface area contributed by atoms with Crippen molar-refractivity contribution >= 4 is 0 Å². The van der Waals surface area contributed by atoms with Crippen molar-refractivity contribution in [3.63, 3.8) is 0 Å². The molecule has 3 atom stereocenters. The number of aryl methyl sites for hydroxylation is 1. The van der Waals surface area contributed by atoms with Crippen molar-refractivity contribution in [2.75, 3.05) is 0 Å². The molecule has 0 amide bonds. The minimum Gasteiger partial charge on any atom is -0.322 e. The Morgan fingerprint density at radius 1 is 1.57 bits per heavy atom. The van der Waals surface area contributed by atoms with Crippen molar-refractivity contribution < 1.29 is 0 Å². The molecule has 1 aliphatic carbocycles. The fourth-order valence-corrected chi connectivity index (χ4v) is 2.44. The molecular weight excluding hydrogens is 176 g/mol. The van der Waals surface area contributed by atoms with Crippen LogP contribution in [0.2, 0.25) is 0 Å². The van der Waals surface area contributed by atoms with Gasteiger partial charge in [0.05, 0.1) is 17.9 Å². The average molecular weight is 194 g/mol. The van der Waals surface area contributed by atoms with Gasteiger partial charge < -0.3 is 5.73 Å². The van der Waals surface area contributed by atoms with Crippen LogP contribution in [0.3, 0.4) is 0 Å². The fraction of sp³-hybridized carbons (Fsp3) is 0.800. The molecule has 0 spiro atoms. The molecule has 1 aromatic rings. The zero-order chi connectivity index (χ0) is 10.1. The summed E-state index contributed by atoms with van der Waals surface area (Å²) in [6.45, 7) is 2.29. The van der Waals surface area contributed by atoms with Gasteiger partial charge in [0.2, 0.25) is 0 Å². The van der Waals surface area contributed by atoms with E-state index in [-0.39, 0.29) is 6.04 Å². The monoisotopic (exact) mass is 194 g/mol. The highest BCUT2D eigenvalue weighted by Crippen LogP contribution is 2.37. The molecular formula is C10H18N4. The molecule has 0 bridgehead atoms. The number of aromatic nitrogens is 3. The molecule has 0 radical (unpaired) electrons. The molecule has 0 aliphatic heterocycles. The van der Waals surface area contributed by atoms with E-state index in [9.17, 15) is 0 Å². The SMILES string of the molecule is CC1CCCC1C(N)c1cnn(C)n1. The van der Waals surface area contributed by atoms with Crippen LogP contribution in [0.15, 0.2) is 6.20 Å². The van der Waals surface area contributed by atoms with Crippen LogP contribution >= 0.6 is 0 Å². The second-order valence-corrected chi connectivity index (χ2v) is 4.36. The largest absolute Gasteiger partial charge is 0.322 e. The minimum atomic E-state index is 0.0706. The molecule has 1 fully saturated rings. The number of hydrogen-bond donors (Lipinski definition) is 1. The molecule has 1 aromatic heterocycles. The molecule has 1 aliphatic rings. The Hall–Kier alpha value is -0.900. The first kappa shape index (κ1) is 9.65. The summed E-state index contributed by atoms with van der Waals surface area (Å²) in [6.07, 6.45) is 5.63. The fourth-order valence-electron chi connectivity index (χ4n) is 2.44. The van der Waals surface area contributed by atoms with Crippen LogP contribution in [0.1, 0.15) is 37.9 Å². The van der Waals surface area contributed by atoms with Crippen LogP contribution in [-0.4, -0.2) is 15.0 Å². The Balaban J connectivity index is 2.11. The quantitative estimate of drug-likeness (QED) is 0.771. The third-order valence-electron chi connectivity index (χ3n) is 3.35. The van der Waals surface area contributed by atoms with Gasteiger partial charge in [-0.15, -0.1) is 0 Å². The van der Waals surface area contributed by atoms with E-state index in [1.54, 1.807) is 11.0 Å². The standard InChI is InChI=1S/C10H18N4/c1-7-4-3-5-8(7)10(11)9-6-12-14(2)13-9/h6-8,10H,3-5,11H2,1-2H3. The second-order valence-electron chi connectivity index (χ2n) is 4.36. The third-order valence-corrected chi connectivity index (χ3v) is 3.35. The number of nitrogens with zero attached hydrogens (tertiary/aromatic N) is 3. The highest BCUT2D eigenvalue weighted by molar-refractivity contribution is 5.03. The maximum absolute atomic E-state index is 6.19. The maximum atomic E-state index is 6.19. The van der Waals surface area contributed by atoms with Gasteiger partial charge in [-0.25, -0.2) is 0 Å². The molecule has 1 saturated carbocycles. The molecule has 3 unspecified atom stereocenters. The Bertz CT molecular complexity index is 307. The summed E-state index contributed by atoms with van der Waals surface area (Å²) in [7, 11) is 1.83.